The highest BCUT2D eigenvalue weighted by Crippen LogP contribution is 2.20. The maximum absolute atomic E-state index is 12.1. The van der Waals surface area contributed by atoms with Gasteiger partial charge in [0.2, 0.25) is 0 Å². The molecule has 0 heterocycles. The Bertz CT molecular complexity index is 297. The van der Waals surface area contributed by atoms with Crippen LogP contribution in [-0.4, -0.2) is 40.6 Å². The first-order valence-electron chi connectivity index (χ1n) is 6.45. The second-order valence-corrected chi connectivity index (χ2v) is 5.63. The van der Waals surface area contributed by atoms with Gasteiger partial charge >= 0.3 is 12.0 Å². The molecule has 0 fully saturated rings. The minimum atomic E-state index is -1.00. The number of hydrogen-bond donors (Lipinski definition) is 2. The van der Waals surface area contributed by atoms with Crippen molar-refractivity contribution in [1.82, 2.24) is 10.2 Å². The van der Waals surface area contributed by atoms with Crippen molar-refractivity contribution in [3.05, 3.63) is 0 Å². The minimum absolute atomic E-state index is 0.101. The molecule has 0 aromatic carbocycles. The van der Waals surface area contributed by atoms with Crippen molar-refractivity contribution in [2.45, 2.75) is 60.0 Å². The number of nitrogens with zero attached hydrogens (tertiary/aromatic N) is 1. The summed E-state index contributed by atoms with van der Waals surface area (Å²) in [4.78, 5) is 24.9. The SMILES string of the molecule is CCC(C)N(CC)C(=O)N[C@@H](C(=O)O)C(C)(C)C. The number of carboxylic acids is 1. The molecule has 0 bridgehead atoms. The molecule has 0 aromatic rings. The summed E-state index contributed by atoms with van der Waals surface area (Å²) >= 11 is 0. The first-order valence-corrected chi connectivity index (χ1v) is 6.45. The predicted octanol–water partition coefficient (Wildman–Crippen LogP) is 2.32. The first kappa shape index (κ1) is 16.7. The Kier molecular flexibility index (Phi) is 6.15. The molecule has 18 heavy (non-hydrogen) atoms. The highest BCUT2D eigenvalue weighted by molar-refractivity contribution is 5.83. The minimum Gasteiger partial charge on any atom is -0.480 e. The summed E-state index contributed by atoms with van der Waals surface area (Å²) < 4.78 is 0. The molecular formula is C13H26N2O3. The van der Waals surface area contributed by atoms with Gasteiger partial charge in [0, 0.05) is 12.6 Å². The van der Waals surface area contributed by atoms with Gasteiger partial charge in [0.15, 0.2) is 0 Å². The van der Waals surface area contributed by atoms with E-state index in [4.69, 9.17) is 0 Å². The van der Waals surface area contributed by atoms with E-state index in [-0.39, 0.29) is 12.1 Å². The molecule has 0 aromatic heterocycles. The number of urea groups is 1. The summed E-state index contributed by atoms with van der Waals surface area (Å²) in [6.45, 7) is 11.8. The zero-order chi connectivity index (χ0) is 14.5. The fraction of sp³-hybridized carbons (Fsp3) is 0.846. The van der Waals surface area contributed by atoms with E-state index < -0.39 is 17.4 Å². The molecule has 0 aliphatic rings. The average Bonchev–Trinajstić information content (AvgIpc) is 2.24. The number of nitrogens with one attached hydrogen (secondary N) is 1. The Morgan fingerprint density at radius 2 is 1.78 bits per heavy atom. The maximum atomic E-state index is 12.1. The molecule has 5 heteroatoms. The van der Waals surface area contributed by atoms with Crippen LogP contribution in [-0.2, 0) is 4.79 Å². The standard InChI is InChI=1S/C13H26N2O3/c1-7-9(3)15(8-2)12(18)14-10(11(16)17)13(4,5)6/h9-10H,7-8H2,1-6H3,(H,14,18)(H,16,17)/t9?,10-/m0/s1. The zero-order valence-corrected chi connectivity index (χ0v) is 12.3. The molecule has 0 aliphatic heterocycles. The molecule has 0 radical (unpaired) electrons. The quantitative estimate of drug-likeness (QED) is 0.795. The summed E-state index contributed by atoms with van der Waals surface area (Å²) in [6, 6.07) is -1.10. The van der Waals surface area contributed by atoms with Gasteiger partial charge in [-0.25, -0.2) is 9.59 Å². The third-order valence-electron chi connectivity index (χ3n) is 3.11. The molecule has 0 saturated heterocycles. The summed E-state index contributed by atoms with van der Waals surface area (Å²) in [6.07, 6.45) is 0.842. The summed E-state index contributed by atoms with van der Waals surface area (Å²) in [5.74, 6) is -1.00. The van der Waals surface area contributed by atoms with Gasteiger partial charge < -0.3 is 15.3 Å². The first-order chi connectivity index (χ1) is 8.15. The monoisotopic (exact) mass is 258 g/mol. The number of rotatable bonds is 5. The van der Waals surface area contributed by atoms with Crippen LogP contribution in [0.5, 0.6) is 0 Å². The van der Waals surface area contributed by atoms with E-state index in [1.54, 1.807) is 25.7 Å². The van der Waals surface area contributed by atoms with Crippen LogP contribution in [0.2, 0.25) is 0 Å². The smallest absolute Gasteiger partial charge is 0.326 e. The molecule has 5 nitrogen and oxygen atoms in total. The summed E-state index contributed by atoms with van der Waals surface area (Å²) in [5.41, 5.74) is -0.518. The van der Waals surface area contributed by atoms with Crippen molar-refractivity contribution in [2.24, 2.45) is 5.41 Å². The molecule has 1 unspecified atom stereocenters. The predicted molar refractivity (Wildman–Crippen MR) is 71.5 cm³/mol. The number of amides is 2. The zero-order valence-electron chi connectivity index (χ0n) is 12.3. The Hall–Kier alpha value is -1.26. The van der Waals surface area contributed by atoms with Gasteiger partial charge in [-0.3, -0.25) is 0 Å². The highest BCUT2D eigenvalue weighted by Gasteiger charge is 2.34. The number of carbonyl (C=O) groups is 2. The topological polar surface area (TPSA) is 69.6 Å². The molecule has 2 atom stereocenters. The van der Waals surface area contributed by atoms with Gasteiger partial charge in [0.05, 0.1) is 0 Å². The molecule has 2 N–H and O–H groups in total. The van der Waals surface area contributed by atoms with Crippen molar-refractivity contribution >= 4 is 12.0 Å². The Morgan fingerprint density at radius 1 is 1.28 bits per heavy atom. The molecular weight excluding hydrogens is 232 g/mol. The fourth-order valence-electron chi connectivity index (χ4n) is 1.73. The largest absolute Gasteiger partial charge is 0.480 e. The molecule has 2 amide bonds. The van der Waals surface area contributed by atoms with Crippen LogP contribution >= 0.6 is 0 Å². The van der Waals surface area contributed by atoms with E-state index in [9.17, 15) is 14.7 Å². The van der Waals surface area contributed by atoms with E-state index in [0.29, 0.717) is 6.54 Å². The number of carbonyl (C=O) groups excluding carboxylic acids is 1. The van der Waals surface area contributed by atoms with Crippen LogP contribution in [0, 0.1) is 5.41 Å². The van der Waals surface area contributed by atoms with Crippen molar-refractivity contribution in [3.63, 3.8) is 0 Å². The van der Waals surface area contributed by atoms with Gasteiger partial charge in [-0.15, -0.1) is 0 Å². The van der Waals surface area contributed by atoms with Crippen LogP contribution in [0.3, 0.4) is 0 Å². The van der Waals surface area contributed by atoms with Gasteiger partial charge in [-0.05, 0) is 25.7 Å². The third-order valence-corrected chi connectivity index (χ3v) is 3.11. The summed E-state index contributed by atoms with van der Waals surface area (Å²) in [7, 11) is 0. The van der Waals surface area contributed by atoms with Crippen molar-refractivity contribution in [2.75, 3.05) is 6.54 Å². The number of hydrogen-bond acceptors (Lipinski definition) is 2. The summed E-state index contributed by atoms with van der Waals surface area (Å²) in [5, 5.41) is 11.8. The van der Waals surface area contributed by atoms with E-state index in [0.717, 1.165) is 6.42 Å². The van der Waals surface area contributed by atoms with Crippen molar-refractivity contribution in [1.29, 1.82) is 0 Å². The van der Waals surface area contributed by atoms with Crippen LogP contribution in [0.15, 0.2) is 0 Å². The van der Waals surface area contributed by atoms with Crippen LogP contribution in [0.1, 0.15) is 48.0 Å². The van der Waals surface area contributed by atoms with Gasteiger partial charge in [0.25, 0.3) is 0 Å². The van der Waals surface area contributed by atoms with Crippen molar-refractivity contribution < 1.29 is 14.7 Å². The second kappa shape index (κ2) is 6.61. The fourth-order valence-corrected chi connectivity index (χ4v) is 1.73. The second-order valence-electron chi connectivity index (χ2n) is 5.63. The van der Waals surface area contributed by atoms with Crippen LogP contribution < -0.4 is 5.32 Å². The third kappa shape index (κ3) is 4.55. The van der Waals surface area contributed by atoms with Gasteiger partial charge in [-0.2, -0.15) is 0 Å². The lowest BCUT2D eigenvalue weighted by Crippen LogP contribution is -2.54. The maximum Gasteiger partial charge on any atom is 0.326 e. The van der Waals surface area contributed by atoms with Crippen LogP contribution in [0.25, 0.3) is 0 Å². The normalized spacial score (nSPS) is 14.8. The molecule has 0 aliphatic carbocycles. The lowest BCUT2D eigenvalue weighted by molar-refractivity contribution is -0.142. The van der Waals surface area contributed by atoms with E-state index in [1.165, 1.54) is 0 Å². The molecule has 0 rings (SSSR count). The lowest BCUT2D eigenvalue weighted by Gasteiger charge is -2.33. The van der Waals surface area contributed by atoms with E-state index in [1.807, 2.05) is 20.8 Å². The van der Waals surface area contributed by atoms with Gasteiger partial charge in [0.1, 0.15) is 6.04 Å². The van der Waals surface area contributed by atoms with E-state index >= 15 is 0 Å². The number of carboxylic acid groups (broad SMARTS) is 1. The molecule has 106 valence electrons. The van der Waals surface area contributed by atoms with Crippen LogP contribution in [0.4, 0.5) is 4.79 Å². The average molecular weight is 258 g/mol. The van der Waals surface area contributed by atoms with Crippen molar-refractivity contribution in [3.8, 4) is 0 Å². The Balaban J connectivity index is 4.84. The van der Waals surface area contributed by atoms with Gasteiger partial charge in [-0.1, -0.05) is 27.7 Å². The molecule has 0 saturated carbocycles. The number of aliphatic carboxylic acids is 1. The Labute approximate surface area is 110 Å². The lowest BCUT2D eigenvalue weighted by atomic mass is 9.87. The van der Waals surface area contributed by atoms with E-state index in [2.05, 4.69) is 5.32 Å². The molecule has 0 spiro atoms. The highest BCUT2D eigenvalue weighted by atomic mass is 16.4. The Morgan fingerprint density at radius 3 is 2.06 bits per heavy atom.